The Balaban J connectivity index is 1.60. The fraction of sp³-hybridized carbons (Fsp3) is 0.455. The third kappa shape index (κ3) is 4.54. The molecule has 2 saturated heterocycles. The van der Waals surface area contributed by atoms with Crippen LogP contribution in [0.4, 0.5) is 0 Å². The molecule has 2 aromatic rings. The first kappa shape index (κ1) is 24.2. The maximum Gasteiger partial charge on any atom is 0.326 e. The molecule has 0 bridgehead atoms. The lowest BCUT2D eigenvalue weighted by Gasteiger charge is -2.45. The van der Waals surface area contributed by atoms with Gasteiger partial charge in [0.1, 0.15) is 10.3 Å². The molecule has 3 heterocycles. The molecule has 178 valence electrons. The molecule has 2 N–H and O–H groups in total. The Hall–Kier alpha value is -1.98. The minimum absolute atomic E-state index is 0.169. The molecule has 2 fully saturated rings. The van der Waals surface area contributed by atoms with Crippen LogP contribution in [0, 0.1) is 0 Å². The van der Waals surface area contributed by atoms with Crippen LogP contribution in [0.15, 0.2) is 46.7 Å². The van der Waals surface area contributed by atoms with Gasteiger partial charge in [0, 0.05) is 13.1 Å². The van der Waals surface area contributed by atoms with E-state index in [9.17, 15) is 23.1 Å². The summed E-state index contributed by atoms with van der Waals surface area (Å²) in [6.07, 6.45) is 1.29. The molecule has 0 saturated carbocycles. The van der Waals surface area contributed by atoms with E-state index in [-0.39, 0.29) is 29.6 Å². The van der Waals surface area contributed by atoms with Gasteiger partial charge < -0.3 is 10.0 Å². The number of piperidine rings is 1. The van der Waals surface area contributed by atoms with Crippen LogP contribution in [-0.2, 0) is 26.0 Å². The molecular formula is C22H26ClN3O5S2. The van der Waals surface area contributed by atoms with Crippen LogP contribution >= 0.6 is 22.9 Å². The molecule has 4 rings (SSSR count). The first-order chi connectivity index (χ1) is 15.7. The Kier molecular flexibility index (Phi) is 6.84. The topological polar surface area (TPSA) is 107 Å². The predicted molar refractivity (Wildman–Crippen MR) is 126 cm³/mol. The van der Waals surface area contributed by atoms with Gasteiger partial charge in [-0.1, -0.05) is 48.9 Å². The van der Waals surface area contributed by atoms with Crippen molar-refractivity contribution in [3.63, 3.8) is 0 Å². The zero-order chi connectivity index (χ0) is 23.8. The van der Waals surface area contributed by atoms with Crippen LogP contribution in [0.3, 0.4) is 0 Å². The first-order valence-electron chi connectivity index (χ1n) is 10.8. The molecule has 2 aliphatic rings. The van der Waals surface area contributed by atoms with Crippen molar-refractivity contribution in [2.75, 3.05) is 13.1 Å². The van der Waals surface area contributed by atoms with E-state index in [0.29, 0.717) is 23.6 Å². The van der Waals surface area contributed by atoms with E-state index >= 15 is 0 Å². The highest BCUT2D eigenvalue weighted by molar-refractivity contribution is 7.91. The van der Waals surface area contributed by atoms with E-state index in [0.717, 1.165) is 16.9 Å². The highest BCUT2D eigenvalue weighted by Gasteiger charge is 2.55. The number of carboxylic acids is 1. The largest absolute Gasteiger partial charge is 0.480 e. The van der Waals surface area contributed by atoms with E-state index in [4.69, 9.17) is 11.6 Å². The number of amides is 1. The molecule has 2 aliphatic heterocycles. The van der Waals surface area contributed by atoms with E-state index in [2.05, 4.69) is 5.32 Å². The first-order valence-corrected chi connectivity index (χ1v) is 13.4. The standard InChI is InChI=1S/C22H26ClN3O5S2/c1-2-17(21(28)29)26-20(27)16(14-15-6-4-3-5-7-15)24-22(26)10-12-25(13-11-22)33(30,31)19-9-8-18(23)32-19/h3-9,16-17,24H,2,10-14H2,1H3,(H,28,29). The average Bonchev–Trinajstić information content (AvgIpc) is 3.33. The van der Waals surface area contributed by atoms with Crippen molar-refractivity contribution in [1.29, 1.82) is 0 Å². The summed E-state index contributed by atoms with van der Waals surface area (Å²) in [5.74, 6) is -1.31. The molecule has 0 aliphatic carbocycles. The maximum atomic E-state index is 13.4. The quantitative estimate of drug-likeness (QED) is 0.592. The van der Waals surface area contributed by atoms with Gasteiger partial charge in [-0.2, -0.15) is 4.31 Å². The van der Waals surface area contributed by atoms with Gasteiger partial charge >= 0.3 is 5.97 Å². The van der Waals surface area contributed by atoms with Crippen LogP contribution in [-0.4, -0.2) is 65.4 Å². The van der Waals surface area contributed by atoms with Crippen molar-refractivity contribution in [2.45, 2.75) is 54.6 Å². The molecule has 1 aromatic carbocycles. The van der Waals surface area contributed by atoms with E-state index < -0.39 is 33.7 Å². The van der Waals surface area contributed by atoms with Gasteiger partial charge in [0.05, 0.1) is 16.0 Å². The fourth-order valence-corrected chi connectivity index (χ4v) is 7.87. The number of nitrogens with one attached hydrogen (secondary N) is 1. The molecule has 0 radical (unpaired) electrons. The summed E-state index contributed by atoms with van der Waals surface area (Å²) in [5, 5.41) is 13.2. The molecule has 11 heteroatoms. The summed E-state index contributed by atoms with van der Waals surface area (Å²) in [4.78, 5) is 26.9. The van der Waals surface area contributed by atoms with Gasteiger partial charge in [0.25, 0.3) is 10.0 Å². The molecule has 2 atom stereocenters. The Morgan fingerprint density at radius 2 is 1.91 bits per heavy atom. The number of hydrogen-bond acceptors (Lipinski definition) is 6. The maximum absolute atomic E-state index is 13.4. The molecular weight excluding hydrogens is 486 g/mol. The lowest BCUT2D eigenvalue weighted by molar-refractivity contribution is -0.154. The van der Waals surface area contributed by atoms with Crippen LogP contribution in [0.1, 0.15) is 31.7 Å². The summed E-state index contributed by atoms with van der Waals surface area (Å²) < 4.78 is 28.0. The van der Waals surface area contributed by atoms with Crippen molar-refractivity contribution in [2.24, 2.45) is 0 Å². The normalized spacial score (nSPS) is 22.1. The van der Waals surface area contributed by atoms with Crippen molar-refractivity contribution in [3.8, 4) is 0 Å². The third-order valence-electron chi connectivity index (χ3n) is 6.40. The second-order valence-corrected chi connectivity index (χ2v) is 12.2. The summed E-state index contributed by atoms with van der Waals surface area (Å²) in [7, 11) is -3.70. The van der Waals surface area contributed by atoms with Gasteiger partial charge in [0.2, 0.25) is 5.91 Å². The molecule has 2 unspecified atom stereocenters. The number of carboxylic acid groups (broad SMARTS) is 1. The van der Waals surface area contributed by atoms with Crippen molar-refractivity contribution < 1.29 is 23.1 Å². The Morgan fingerprint density at radius 3 is 2.45 bits per heavy atom. The number of carbonyl (C=O) groups excluding carboxylic acids is 1. The van der Waals surface area contributed by atoms with Gasteiger partial charge in [-0.3, -0.25) is 10.1 Å². The number of sulfonamides is 1. The number of nitrogens with zero attached hydrogens (tertiary/aromatic N) is 2. The summed E-state index contributed by atoms with van der Waals surface area (Å²) in [6, 6.07) is 11.0. The monoisotopic (exact) mass is 511 g/mol. The zero-order valence-electron chi connectivity index (χ0n) is 18.1. The Bertz CT molecular complexity index is 1130. The van der Waals surface area contributed by atoms with Crippen LogP contribution < -0.4 is 5.32 Å². The van der Waals surface area contributed by atoms with Crippen LogP contribution in [0.25, 0.3) is 0 Å². The molecule has 8 nitrogen and oxygen atoms in total. The number of aliphatic carboxylic acids is 1. The minimum atomic E-state index is -3.70. The summed E-state index contributed by atoms with van der Waals surface area (Å²) in [6.45, 7) is 2.08. The number of rotatable bonds is 7. The smallest absolute Gasteiger partial charge is 0.326 e. The van der Waals surface area contributed by atoms with E-state index in [1.807, 2.05) is 30.3 Å². The predicted octanol–water partition coefficient (Wildman–Crippen LogP) is 2.79. The van der Waals surface area contributed by atoms with Crippen molar-refractivity contribution >= 4 is 44.8 Å². The highest BCUT2D eigenvalue weighted by Crippen LogP contribution is 2.38. The summed E-state index contributed by atoms with van der Waals surface area (Å²) in [5.41, 5.74) is 0.0626. The van der Waals surface area contributed by atoms with E-state index in [1.54, 1.807) is 13.0 Å². The molecule has 1 amide bonds. The fourth-order valence-electron chi connectivity index (χ4n) is 4.79. The number of thiophene rings is 1. The van der Waals surface area contributed by atoms with Gasteiger partial charge in [-0.15, -0.1) is 11.3 Å². The SMILES string of the molecule is CCC(C(=O)O)N1C(=O)C(Cc2ccccc2)NC12CCN(S(=O)(=O)c1ccc(Cl)s1)CC2. The van der Waals surface area contributed by atoms with Crippen molar-refractivity contribution in [3.05, 3.63) is 52.4 Å². The third-order valence-corrected chi connectivity index (χ3v) is 10.00. The van der Waals surface area contributed by atoms with Crippen molar-refractivity contribution in [1.82, 2.24) is 14.5 Å². The molecule has 1 aromatic heterocycles. The lowest BCUT2D eigenvalue weighted by atomic mass is 9.95. The Morgan fingerprint density at radius 1 is 1.24 bits per heavy atom. The van der Waals surface area contributed by atoms with Gasteiger partial charge in [-0.05, 0) is 43.4 Å². The van der Waals surface area contributed by atoms with Gasteiger partial charge in [-0.25, -0.2) is 13.2 Å². The minimum Gasteiger partial charge on any atom is -0.480 e. The Labute approximate surface area is 202 Å². The van der Waals surface area contributed by atoms with Crippen LogP contribution in [0.2, 0.25) is 4.34 Å². The second kappa shape index (κ2) is 9.34. The molecule has 1 spiro atoms. The number of hydrogen-bond donors (Lipinski definition) is 2. The van der Waals surface area contributed by atoms with Crippen LogP contribution in [0.5, 0.6) is 0 Å². The van der Waals surface area contributed by atoms with E-state index in [1.165, 1.54) is 15.3 Å². The number of halogens is 1. The lowest BCUT2D eigenvalue weighted by Crippen LogP contribution is -2.63. The number of benzene rings is 1. The van der Waals surface area contributed by atoms with Gasteiger partial charge in [0.15, 0.2) is 0 Å². The second-order valence-electron chi connectivity index (χ2n) is 8.35. The average molecular weight is 512 g/mol. The highest BCUT2D eigenvalue weighted by atomic mass is 35.5. The molecule has 33 heavy (non-hydrogen) atoms. The summed E-state index contributed by atoms with van der Waals surface area (Å²) >= 11 is 6.93. The number of carbonyl (C=O) groups is 2. The zero-order valence-corrected chi connectivity index (χ0v) is 20.5.